The van der Waals surface area contributed by atoms with E-state index in [4.69, 9.17) is 0 Å². The van der Waals surface area contributed by atoms with Crippen LogP contribution in [0.2, 0.25) is 0 Å². The van der Waals surface area contributed by atoms with Gasteiger partial charge in [0.2, 0.25) is 5.91 Å². The monoisotopic (exact) mass is 404 g/mol. The minimum absolute atomic E-state index is 0.0796. The molecule has 1 heterocycles. The Morgan fingerprint density at radius 1 is 1.29 bits per heavy atom. The van der Waals surface area contributed by atoms with Gasteiger partial charge in [0, 0.05) is 16.6 Å². The normalized spacial score (nSPS) is 17.4. The van der Waals surface area contributed by atoms with Crippen LogP contribution < -0.4 is 10.1 Å². The van der Waals surface area contributed by atoms with Crippen LogP contribution in [0.5, 0.6) is 5.75 Å². The first kappa shape index (κ1) is 19.1. The quantitative estimate of drug-likeness (QED) is 0.780. The number of nitrogens with one attached hydrogen (secondary N) is 1. The molecule has 1 aromatic rings. The molecule has 1 N–H and O–H groups in total. The first-order valence-corrected chi connectivity index (χ1v) is 9.01. The van der Waals surface area contributed by atoms with Crippen molar-refractivity contribution in [1.29, 1.82) is 0 Å². The SMILES string of the molecule is CC(C(=O)NCc1cc(Br)ccc1OC(F)F)N1CCCCCC1. The van der Waals surface area contributed by atoms with Gasteiger partial charge in [-0.25, -0.2) is 0 Å². The van der Waals surface area contributed by atoms with Gasteiger partial charge in [-0.05, 0) is 51.1 Å². The maximum Gasteiger partial charge on any atom is 0.387 e. The molecule has 0 saturated carbocycles. The molecule has 1 aliphatic rings. The second-order valence-electron chi connectivity index (χ2n) is 5.97. The van der Waals surface area contributed by atoms with Crippen molar-refractivity contribution in [1.82, 2.24) is 10.2 Å². The number of carbonyl (C=O) groups is 1. The van der Waals surface area contributed by atoms with Crippen LogP contribution in [0, 0.1) is 0 Å². The van der Waals surface area contributed by atoms with Crippen molar-refractivity contribution in [3.8, 4) is 5.75 Å². The maximum absolute atomic E-state index is 12.5. The van der Waals surface area contributed by atoms with Crippen LogP contribution in [0.1, 0.15) is 38.2 Å². The molecule has 1 aliphatic heterocycles. The van der Waals surface area contributed by atoms with E-state index in [-0.39, 0.29) is 24.2 Å². The Bertz CT molecular complexity index is 549. The lowest BCUT2D eigenvalue weighted by Gasteiger charge is -2.26. The van der Waals surface area contributed by atoms with Gasteiger partial charge < -0.3 is 10.1 Å². The fraction of sp³-hybridized carbons (Fsp3) is 0.588. The van der Waals surface area contributed by atoms with Crippen molar-refractivity contribution < 1.29 is 18.3 Å². The predicted octanol–water partition coefficient (Wildman–Crippen LogP) is 3.93. The highest BCUT2D eigenvalue weighted by molar-refractivity contribution is 9.10. The Hall–Kier alpha value is -1.21. The summed E-state index contributed by atoms with van der Waals surface area (Å²) >= 11 is 3.31. The summed E-state index contributed by atoms with van der Waals surface area (Å²) in [5.41, 5.74) is 0.515. The van der Waals surface area contributed by atoms with E-state index in [2.05, 4.69) is 30.9 Å². The highest BCUT2D eigenvalue weighted by Crippen LogP contribution is 2.25. The molecule has 7 heteroatoms. The number of carbonyl (C=O) groups excluding carboxylic acids is 1. The fourth-order valence-electron chi connectivity index (χ4n) is 2.88. The summed E-state index contributed by atoms with van der Waals surface area (Å²) in [7, 11) is 0. The van der Waals surface area contributed by atoms with E-state index in [1.165, 1.54) is 18.9 Å². The molecule has 134 valence electrons. The molecule has 0 aliphatic carbocycles. The van der Waals surface area contributed by atoms with Crippen molar-refractivity contribution in [3.05, 3.63) is 28.2 Å². The van der Waals surface area contributed by atoms with Gasteiger partial charge >= 0.3 is 6.61 Å². The molecule has 1 atom stereocenters. The van der Waals surface area contributed by atoms with Crippen LogP contribution in [0.15, 0.2) is 22.7 Å². The van der Waals surface area contributed by atoms with E-state index in [1.807, 2.05) is 6.92 Å². The molecule has 0 aromatic heterocycles. The number of nitrogens with zero attached hydrogens (tertiary/aromatic N) is 1. The van der Waals surface area contributed by atoms with Crippen molar-refractivity contribution >= 4 is 21.8 Å². The van der Waals surface area contributed by atoms with E-state index in [9.17, 15) is 13.6 Å². The number of rotatable bonds is 6. The third-order valence-corrected chi connectivity index (χ3v) is 4.75. The zero-order valence-electron chi connectivity index (χ0n) is 13.7. The highest BCUT2D eigenvalue weighted by Gasteiger charge is 2.22. The summed E-state index contributed by atoms with van der Waals surface area (Å²) in [5, 5.41) is 2.83. The van der Waals surface area contributed by atoms with Gasteiger partial charge in [-0.15, -0.1) is 0 Å². The third kappa shape index (κ3) is 5.70. The molecule has 2 rings (SSSR count). The molecule has 4 nitrogen and oxygen atoms in total. The second kappa shape index (κ2) is 9.32. The highest BCUT2D eigenvalue weighted by atomic mass is 79.9. The summed E-state index contributed by atoms with van der Waals surface area (Å²) in [6.07, 6.45) is 4.62. The first-order chi connectivity index (χ1) is 11.5. The van der Waals surface area contributed by atoms with E-state index >= 15 is 0 Å². The molecule has 0 bridgehead atoms. The molecular weight excluding hydrogens is 382 g/mol. The van der Waals surface area contributed by atoms with E-state index in [1.54, 1.807) is 12.1 Å². The number of hydrogen-bond acceptors (Lipinski definition) is 3. The van der Waals surface area contributed by atoms with Crippen molar-refractivity contribution in [3.63, 3.8) is 0 Å². The topological polar surface area (TPSA) is 41.6 Å². The predicted molar refractivity (Wildman–Crippen MR) is 92.1 cm³/mol. The molecule has 1 amide bonds. The molecule has 24 heavy (non-hydrogen) atoms. The zero-order chi connectivity index (χ0) is 17.5. The van der Waals surface area contributed by atoms with E-state index in [0.29, 0.717) is 5.56 Å². The Morgan fingerprint density at radius 3 is 2.58 bits per heavy atom. The van der Waals surface area contributed by atoms with Crippen LogP contribution in [0.25, 0.3) is 0 Å². The Balaban J connectivity index is 1.96. The van der Waals surface area contributed by atoms with E-state index in [0.717, 1.165) is 30.4 Å². The Kier molecular flexibility index (Phi) is 7.42. The Morgan fingerprint density at radius 2 is 1.96 bits per heavy atom. The van der Waals surface area contributed by atoms with Crippen molar-refractivity contribution in [2.24, 2.45) is 0 Å². The number of ether oxygens (including phenoxy) is 1. The van der Waals surface area contributed by atoms with Crippen LogP contribution in [0.3, 0.4) is 0 Å². The number of halogens is 3. The van der Waals surface area contributed by atoms with Gasteiger partial charge in [0.25, 0.3) is 0 Å². The van der Waals surface area contributed by atoms with Gasteiger partial charge in [0.15, 0.2) is 0 Å². The van der Waals surface area contributed by atoms with Crippen LogP contribution in [0.4, 0.5) is 8.78 Å². The standard InChI is InChI=1S/C17H23BrF2N2O2/c1-12(22-8-4-2-3-5-9-22)16(23)21-11-13-10-14(18)6-7-15(13)24-17(19)20/h6-7,10,12,17H,2-5,8-9,11H2,1H3,(H,21,23). The lowest BCUT2D eigenvalue weighted by molar-refractivity contribution is -0.126. The number of hydrogen-bond donors (Lipinski definition) is 1. The van der Waals surface area contributed by atoms with Crippen LogP contribution in [-0.4, -0.2) is 36.5 Å². The maximum atomic E-state index is 12.5. The third-order valence-electron chi connectivity index (χ3n) is 4.26. The average Bonchev–Trinajstić information content (AvgIpc) is 2.82. The molecule has 1 saturated heterocycles. The molecule has 0 spiro atoms. The van der Waals surface area contributed by atoms with Gasteiger partial charge in [0.05, 0.1) is 6.04 Å². The smallest absolute Gasteiger partial charge is 0.387 e. The van der Waals surface area contributed by atoms with Crippen molar-refractivity contribution in [2.45, 2.75) is 51.8 Å². The molecular formula is C17H23BrF2N2O2. The number of benzene rings is 1. The Labute approximate surface area is 149 Å². The average molecular weight is 405 g/mol. The number of amides is 1. The second-order valence-corrected chi connectivity index (χ2v) is 6.89. The fourth-order valence-corrected chi connectivity index (χ4v) is 3.28. The lowest BCUT2D eigenvalue weighted by atomic mass is 10.2. The largest absolute Gasteiger partial charge is 0.434 e. The lowest BCUT2D eigenvalue weighted by Crippen LogP contribution is -2.45. The number of likely N-dealkylation sites (tertiary alicyclic amines) is 1. The zero-order valence-corrected chi connectivity index (χ0v) is 15.3. The van der Waals surface area contributed by atoms with Crippen LogP contribution in [-0.2, 0) is 11.3 Å². The molecule has 1 aromatic carbocycles. The van der Waals surface area contributed by atoms with Gasteiger partial charge in [-0.1, -0.05) is 28.8 Å². The summed E-state index contributed by atoms with van der Waals surface area (Å²) in [6.45, 7) is 0.990. The molecule has 1 fully saturated rings. The van der Waals surface area contributed by atoms with Crippen molar-refractivity contribution in [2.75, 3.05) is 13.1 Å². The van der Waals surface area contributed by atoms with Gasteiger partial charge in [-0.2, -0.15) is 8.78 Å². The summed E-state index contributed by atoms with van der Waals surface area (Å²) in [6, 6.07) is 4.54. The van der Waals surface area contributed by atoms with Crippen LogP contribution >= 0.6 is 15.9 Å². The number of alkyl halides is 2. The minimum Gasteiger partial charge on any atom is -0.434 e. The van der Waals surface area contributed by atoms with E-state index < -0.39 is 6.61 Å². The summed E-state index contributed by atoms with van der Waals surface area (Å²) in [5.74, 6) is -0.0178. The molecule has 0 radical (unpaired) electrons. The molecule has 1 unspecified atom stereocenters. The summed E-state index contributed by atoms with van der Waals surface area (Å²) < 4.78 is 30.2. The van der Waals surface area contributed by atoms with Gasteiger partial charge in [0.1, 0.15) is 5.75 Å². The summed E-state index contributed by atoms with van der Waals surface area (Å²) in [4.78, 5) is 14.6. The first-order valence-electron chi connectivity index (χ1n) is 8.22. The van der Waals surface area contributed by atoms with Gasteiger partial charge in [-0.3, -0.25) is 9.69 Å². The minimum atomic E-state index is -2.89.